The highest BCUT2D eigenvalue weighted by atomic mass is 32.2. The summed E-state index contributed by atoms with van der Waals surface area (Å²) in [5.41, 5.74) is 1.42. The summed E-state index contributed by atoms with van der Waals surface area (Å²) in [4.78, 5) is 12.2. The molecule has 0 saturated carbocycles. The summed E-state index contributed by atoms with van der Waals surface area (Å²) < 4.78 is 6.92. The normalized spacial score (nSPS) is 10.7. The fourth-order valence-corrected chi connectivity index (χ4v) is 2.97. The van der Waals surface area contributed by atoms with E-state index in [2.05, 4.69) is 31.0 Å². The molecule has 2 heterocycles. The Morgan fingerprint density at radius 3 is 2.64 bits per heavy atom. The van der Waals surface area contributed by atoms with E-state index in [9.17, 15) is 9.90 Å². The lowest BCUT2D eigenvalue weighted by atomic mass is 10.2. The highest BCUT2D eigenvalue weighted by Crippen LogP contribution is 2.21. The summed E-state index contributed by atoms with van der Waals surface area (Å²) >= 11 is 1.15. The van der Waals surface area contributed by atoms with Gasteiger partial charge in [0.15, 0.2) is 0 Å². The molecular weight excluding hydrogens is 382 g/mol. The van der Waals surface area contributed by atoms with Crippen molar-refractivity contribution < 1.29 is 14.3 Å². The lowest BCUT2D eigenvalue weighted by Gasteiger charge is -2.04. The lowest BCUT2D eigenvalue weighted by Crippen LogP contribution is -2.14. The third-order valence-electron chi connectivity index (χ3n) is 3.56. The largest absolute Gasteiger partial charge is 0.508 e. The zero-order valence-electron chi connectivity index (χ0n) is 14.3. The number of rotatable bonds is 6. The Labute approximate surface area is 162 Å². The van der Waals surface area contributed by atoms with Crippen molar-refractivity contribution in [3.63, 3.8) is 0 Å². The molecule has 0 spiro atoms. The number of nitrogens with one attached hydrogen (secondary N) is 1. The van der Waals surface area contributed by atoms with Crippen molar-refractivity contribution in [3.8, 4) is 22.9 Å². The molecule has 11 heteroatoms. The number of carbonyl (C=O) groups is 1. The first-order valence-corrected chi connectivity index (χ1v) is 9.07. The van der Waals surface area contributed by atoms with Crippen molar-refractivity contribution in [1.82, 2.24) is 30.4 Å². The third kappa shape index (κ3) is 3.99. The molecule has 2 N–H and O–H groups in total. The van der Waals surface area contributed by atoms with E-state index in [0.717, 1.165) is 17.3 Å². The first-order chi connectivity index (χ1) is 13.7. The predicted octanol–water partition coefficient (Wildman–Crippen LogP) is 2.15. The second-order valence-corrected chi connectivity index (χ2v) is 6.45. The smallest absolute Gasteiger partial charge is 0.322 e. The highest BCUT2D eigenvalue weighted by molar-refractivity contribution is 7.99. The van der Waals surface area contributed by atoms with Gasteiger partial charge in [0.05, 0.1) is 11.4 Å². The minimum atomic E-state index is -0.339. The monoisotopic (exact) mass is 395 g/mol. The lowest BCUT2D eigenvalue weighted by molar-refractivity contribution is -0.113. The van der Waals surface area contributed by atoms with Crippen molar-refractivity contribution in [2.75, 3.05) is 11.1 Å². The minimum absolute atomic E-state index is 0.0163. The second-order valence-electron chi connectivity index (χ2n) is 5.50. The number of phenolic OH excluding ortho intramolecular Hbond substituents is 1. The van der Waals surface area contributed by atoms with Gasteiger partial charge in [-0.05, 0) is 46.8 Å². The molecule has 4 rings (SSSR count). The van der Waals surface area contributed by atoms with Crippen molar-refractivity contribution in [2.24, 2.45) is 0 Å². The number of aromatic nitrogens is 6. The maximum atomic E-state index is 12.2. The Morgan fingerprint density at radius 1 is 1.07 bits per heavy atom. The van der Waals surface area contributed by atoms with Gasteiger partial charge in [-0.15, -0.1) is 10.2 Å². The SMILES string of the molecule is O=C(CSc1nnnn1-c1ccc(O)cc1)Nc1nnc(-c2ccccc2)o1. The molecule has 0 saturated heterocycles. The highest BCUT2D eigenvalue weighted by Gasteiger charge is 2.14. The number of thioether (sulfide) groups is 1. The Kier molecular flexibility index (Phi) is 4.97. The molecule has 2 aromatic carbocycles. The van der Waals surface area contributed by atoms with E-state index in [1.807, 2.05) is 30.3 Å². The summed E-state index contributed by atoms with van der Waals surface area (Å²) in [5, 5.41) is 31.5. The van der Waals surface area contributed by atoms with Gasteiger partial charge >= 0.3 is 6.01 Å². The van der Waals surface area contributed by atoms with Crippen LogP contribution in [0.15, 0.2) is 64.2 Å². The first-order valence-electron chi connectivity index (χ1n) is 8.08. The van der Waals surface area contributed by atoms with Crippen LogP contribution in [0.3, 0.4) is 0 Å². The van der Waals surface area contributed by atoms with E-state index in [-0.39, 0.29) is 23.4 Å². The molecule has 0 fully saturated rings. The molecule has 140 valence electrons. The maximum absolute atomic E-state index is 12.2. The maximum Gasteiger partial charge on any atom is 0.322 e. The fraction of sp³-hybridized carbons (Fsp3) is 0.0588. The van der Waals surface area contributed by atoms with Crippen LogP contribution in [-0.4, -0.2) is 47.2 Å². The Balaban J connectivity index is 1.38. The number of amides is 1. The number of tetrazole rings is 1. The van der Waals surface area contributed by atoms with Crippen molar-refractivity contribution in [2.45, 2.75) is 5.16 Å². The number of hydrogen-bond donors (Lipinski definition) is 2. The van der Waals surface area contributed by atoms with Gasteiger partial charge in [0, 0.05) is 5.56 Å². The van der Waals surface area contributed by atoms with E-state index in [0.29, 0.717) is 16.7 Å². The molecule has 4 aromatic rings. The quantitative estimate of drug-likeness (QED) is 0.471. The third-order valence-corrected chi connectivity index (χ3v) is 4.48. The molecular formula is C17H13N7O3S. The van der Waals surface area contributed by atoms with Gasteiger partial charge in [0.25, 0.3) is 0 Å². The molecule has 0 aliphatic rings. The molecule has 0 radical (unpaired) electrons. The average Bonchev–Trinajstić information content (AvgIpc) is 3.37. The summed E-state index contributed by atoms with van der Waals surface area (Å²) in [6, 6.07) is 15.7. The molecule has 28 heavy (non-hydrogen) atoms. The number of benzene rings is 2. The summed E-state index contributed by atoms with van der Waals surface area (Å²) in [5.74, 6) is 0.162. The topological polar surface area (TPSA) is 132 Å². The number of nitrogens with zero attached hydrogens (tertiary/aromatic N) is 6. The second kappa shape index (κ2) is 7.88. The first kappa shape index (κ1) is 17.7. The van der Waals surface area contributed by atoms with Crippen LogP contribution >= 0.6 is 11.8 Å². The Hall–Kier alpha value is -3.73. The van der Waals surface area contributed by atoms with Crippen molar-refractivity contribution in [1.29, 1.82) is 0 Å². The number of hydrogen-bond acceptors (Lipinski definition) is 9. The van der Waals surface area contributed by atoms with Crippen molar-refractivity contribution in [3.05, 3.63) is 54.6 Å². The molecule has 0 bridgehead atoms. The van der Waals surface area contributed by atoms with E-state index in [4.69, 9.17) is 4.42 Å². The van der Waals surface area contributed by atoms with E-state index in [1.54, 1.807) is 12.1 Å². The van der Waals surface area contributed by atoms with Crippen LogP contribution in [0.1, 0.15) is 0 Å². The summed E-state index contributed by atoms with van der Waals surface area (Å²) in [6.07, 6.45) is 0. The van der Waals surface area contributed by atoms with Crippen LogP contribution in [0, 0.1) is 0 Å². The molecule has 2 aromatic heterocycles. The van der Waals surface area contributed by atoms with E-state index < -0.39 is 0 Å². The standard InChI is InChI=1S/C17H13N7O3S/c25-13-8-6-12(7-9-13)24-17(21-22-23-24)28-10-14(26)18-16-20-19-15(27-16)11-4-2-1-3-5-11/h1-9,25H,10H2,(H,18,20,26). The Bertz CT molecular complexity index is 1080. The summed E-state index contributed by atoms with van der Waals surface area (Å²) in [7, 11) is 0. The molecule has 0 aliphatic heterocycles. The average molecular weight is 395 g/mol. The molecule has 10 nitrogen and oxygen atoms in total. The molecule has 0 atom stereocenters. The van der Waals surface area contributed by atoms with Gasteiger partial charge < -0.3 is 9.52 Å². The molecule has 1 amide bonds. The number of phenols is 1. The Morgan fingerprint density at radius 2 is 1.86 bits per heavy atom. The minimum Gasteiger partial charge on any atom is -0.508 e. The molecule has 0 unspecified atom stereocenters. The van der Waals surface area contributed by atoms with Crippen LogP contribution in [0.2, 0.25) is 0 Å². The number of aromatic hydroxyl groups is 1. The van der Waals surface area contributed by atoms with Gasteiger partial charge in [-0.1, -0.05) is 35.1 Å². The van der Waals surface area contributed by atoms with Gasteiger partial charge in [-0.3, -0.25) is 10.1 Å². The van der Waals surface area contributed by atoms with Crippen LogP contribution in [0.4, 0.5) is 6.01 Å². The predicted molar refractivity (Wildman–Crippen MR) is 99.9 cm³/mol. The van der Waals surface area contributed by atoms with Crippen LogP contribution in [-0.2, 0) is 4.79 Å². The van der Waals surface area contributed by atoms with Crippen LogP contribution in [0.5, 0.6) is 5.75 Å². The fourth-order valence-electron chi connectivity index (χ4n) is 2.28. The number of anilines is 1. The molecule has 0 aliphatic carbocycles. The number of carbonyl (C=O) groups excluding carboxylic acids is 1. The van der Waals surface area contributed by atoms with Gasteiger partial charge in [0.2, 0.25) is 17.0 Å². The van der Waals surface area contributed by atoms with E-state index in [1.165, 1.54) is 16.8 Å². The van der Waals surface area contributed by atoms with Crippen LogP contribution < -0.4 is 5.32 Å². The zero-order valence-corrected chi connectivity index (χ0v) is 15.1. The van der Waals surface area contributed by atoms with Crippen LogP contribution in [0.25, 0.3) is 17.1 Å². The van der Waals surface area contributed by atoms with Gasteiger partial charge in [0.1, 0.15) is 5.75 Å². The van der Waals surface area contributed by atoms with Gasteiger partial charge in [-0.2, -0.15) is 4.68 Å². The summed E-state index contributed by atoms with van der Waals surface area (Å²) in [6.45, 7) is 0. The van der Waals surface area contributed by atoms with Crippen molar-refractivity contribution >= 4 is 23.7 Å². The van der Waals surface area contributed by atoms with E-state index >= 15 is 0 Å². The zero-order chi connectivity index (χ0) is 19.3. The van der Waals surface area contributed by atoms with Gasteiger partial charge in [-0.25, -0.2) is 0 Å².